The highest BCUT2D eigenvalue weighted by molar-refractivity contribution is 7.92. The first kappa shape index (κ1) is 24.4. The van der Waals surface area contributed by atoms with Gasteiger partial charge in [-0.05, 0) is 69.3 Å². The van der Waals surface area contributed by atoms with Gasteiger partial charge in [0.15, 0.2) is 5.13 Å². The maximum absolute atomic E-state index is 13.1. The molecule has 0 spiro atoms. The Morgan fingerprint density at radius 1 is 0.971 bits per heavy atom. The second-order valence-electron chi connectivity index (χ2n) is 7.80. The van der Waals surface area contributed by atoms with Crippen molar-refractivity contribution in [3.8, 4) is 17.0 Å². The fourth-order valence-corrected chi connectivity index (χ4v) is 5.36. The number of nitrogens with one attached hydrogen (secondary N) is 2. The van der Waals surface area contributed by atoms with Gasteiger partial charge in [-0.15, -0.1) is 11.3 Å². The minimum atomic E-state index is -3.86. The molecule has 0 bridgehead atoms. The molecule has 35 heavy (non-hydrogen) atoms. The molecule has 0 fully saturated rings. The summed E-state index contributed by atoms with van der Waals surface area (Å²) in [5, 5.41) is 3.23. The van der Waals surface area contributed by atoms with Gasteiger partial charge in [-0.2, -0.15) is 0 Å². The number of hydrogen-bond acceptors (Lipinski definition) is 6. The summed E-state index contributed by atoms with van der Waals surface area (Å²) in [5.74, 6) is 0.321. The number of carbonyl (C=O) groups is 1. The average molecular weight is 508 g/mol. The van der Waals surface area contributed by atoms with Crippen LogP contribution in [0.25, 0.3) is 11.3 Å². The summed E-state index contributed by atoms with van der Waals surface area (Å²) in [6.45, 7) is 6.33. The molecule has 180 valence electrons. The molecule has 0 aliphatic carbocycles. The molecule has 1 amide bonds. The summed E-state index contributed by atoms with van der Waals surface area (Å²) >= 11 is 1.35. The van der Waals surface area contributed by atoms with Crippen molar-refractivity contribution < 1.29 is 17.9 Å². The summed E-state index contributed by atoms with van der Waals surface area (Å²) in [5.41, 5.74) is 3.01. The lowest BCUT2D eigenvalue weighted by Gasteiger charge is -2.12. The first-order chi connectivity index (χ1) is 16.8. The predicted molar refractivity (Wildman–Crippen MR) is 140 cm³/mol. The van der Waals surface area contributed by atoms with E-state index in [9.17, 15) is 13.2 Å². The summed E-state index contributed by atoms with van der Waals surface area (Å²) in [4.78, 5) is 18.7. The van der Waals surface area contributed by atoms with Crippen LogP contribution in [-0.2, 0) is 10.0 Å². The summed E-state index contributed by atoms with van der Waals surface area (Å²) in [6, 6.07) is 20.6. The van der Waals surface area contributed by atoms with E-state index >= 15 is 0 Å². The van der Waals surface area contributed by atoms with E-state index in [2.05, 4.69) is 15.0 Å². The minimum Gasteiger partial charge on any atom is -0.494 e. The van der Waals surface area contributed by atoms with E-state index in [1.165, 1.54) is 23.5 Å². The number of para-hydroxylation sites is 1. The number of ether oxygens (including phenoxy) is 1. The number of thiazole rings is 1. The number of carbonyl (C=O) groups excluding carboxylic acids is 1. The van der Waals surface area contributed by atoms with Crippen LogP contribution in [0.4, 0.5) is 10.8 Å². The second-order valence-corrected chi connectivity index (χ2v) is 10.7. The molecule has 7 nitrogen and oxygen atoms in total. The Labute approximate surface area is 208 Å². The smallest absolute Gasteiger partial charge is 0.261 e. The van der Waals surface area contributed by atoms with E-state index in [1.807, 2.05) is 45.0 Å². The van der Waals surface area contributed by atoms with Crippen molar-refractivity contribution in [1.82, 2.24) is 4.98 Å². The molecule has 0 unspecified atom stereocenters. The topological polar surface area (TPSA) is 97.4 Å². The van der Waals surface area contributed by atoms with E-state index in [0.29, 0.717) is 11.7 Å². The van der Waals surface area contributed by atoms with E-state index in [0.717, 1.165) is 27.4 Å². The summed E-state index contributed by atoms with van der Waals surface area (Å²) in [6.07, 6.45) is 0. The molecule has 3 aromatic carbocycles. The lowest BCUT2D eigenvalue weighted by molar-refractivity contribution is 0.102. The fraction of sp³-hybridized carbons (Fsp3) is 0.154. The highest BCUT2D eigenvalue weighted by Gasteiger charge is 2.20. The summed E-state index contributed by atoms with van der Waals surface area (Å²) < 4.78 is 33.7. The number of hydrogen-bond donors (Lipinski definition) is 2. The van der Waals surface area contributed by atoms with E-state index in [1.54, 1.807) is 36.4 Å². The van der Waals surface area contributed by atoms with Crippen LogP contribution in [0.1, 0.15) is 27.7 Å². The molecule has 1 aromatic heterocycles. The summed E-state index contributed by atoms with van der Waals surface area (Å²) in [7, 11) is -3.86. The Kier molecular flexibility index (Phi) is 7.18. The molecule has 2 N–H and O–H groups in total. The Morgan fingerprint density at radius 3 is 2.34 bits per heavy atom. The van der Waals surface area contributed by atoms with Crippen molar-refractivity contribution in [2.45, 2.75) is 25.7 Å². The van der Waals surface area contributed by atoms with Gasteiger partial charge < -0.3 is 4.74 Å². The zero-order valence-electron chi connectivity index (χ0n) is 19.5. The van der Waals surface area contributed by atoms with Gasteiger partial charge in [-0.3, -0.25) is 14.8 Å². The van der Waals surface area contributed by atoms with Gasteiger partial charge in [-0.1, -0.05) is 29.8 Å². The molecule has 0 atom stereocenters. The van der Waals surface area contributed by atoms with Gasteiger partial charge >= 0.3 is 0 Å². The third-order valence-corrected chi connectivity index (χ3v) is 7.47. The highest BCUT2D eigenvalue weighted by atomic mass is 32.2. The van der Waals surface area contributed by atoms with Crippen LogP contribution >= 0.6 is 11.3 Å². The predicted octanol–water partition coefficient (Wildman–Crippen LogP) is 5.88. The van der Waals surface area contributed by atoms with Crippen molar-refractivity contribution in [2.75, 3.05) is 16.6 Å². The molecule has 1 heterocycles. The number of aryl methyl sites for hydroxylation is 2. The maximum atomic E-state index is 13.1. The van der Waals surface area contributed by atoms with Gasteiger partial charge in [-0.25, -0.2) is 13.4 Å². The van der Waals surface area contributed by atoms with Gasteiger partial charge in [0.2, 0.25) is 0 Å². The van der Waals surface area contributed by atoms with Crippen LogP contribution in [0.15, 0.2) is 77.7 Å². The van der Waals surface area contributed by atoms with Crippen molar-refractivity contribution >= 4 is 38.1 Å². The van der Waals surface area contributed by atoms with Gasteiger partial charge in [0, 0.05) is 10.4 Å². The van der Waals surface area contributed by atoms with Crippen LogP contribution in [0.2, 0.25) is 0 Å². The van der Waals surface area contributed by atoms with Crippen molar-refractivity contribution in [3.05, 3.63) is 88.8 Å². The number of benzene rings is 3. The third kappa shape index (κ3) is 5.70. The third-order valence-electron chi connectivity index (χ3n) is 5.20. The first-order valence-corrected chi connectivity index (χ1v) is 13.3. The average Bonchev–Trinajstić information content (AvgIpc) is 3.20. The first-order valence-electron chi connectivity index (χ1n) is 11.0. The van der Waals surface area contributed by atoms with Crippen molar-refractivity contribution in [2.24, 2.45) is 0 Å². The standard InChI is InChI=1S/C26H25N3O4S2/c1-4-33-20-13-11-19(12-14-20)24-18(3)34-26(27-24)28-25(30)22-7-5-6-8-23(22)29-35(31,32)21-15-9-17(2)10-16-21/h5-16,29H,4H2,1-3H3,(H,27,28,30). The van der Waals surface area contributed by atoms with Crippen LogP contribution in [-0.4, -0.2) is 25.9 Å². The Bertz CT molecular complexity index is 1440. The Morgan fingerprint density at radius 2 is 1.66 bits per heavy atom. The van der Waals surface area contributed by atoms with Crippen molar-refractivity contribution in [3.63, 3.8) is 0 Å². The molecule has 0 aliphatic heterocycles. The number of sulfonamides is 1. The molecular formula is C26H25N3O4S2. The molecule has 9 heteroatoms. The van der Waals surface area contributed by atoms with Crippen LogP contribution in [0.5, 0.6) is 5.75 Å². The molecule has 0 saturated carbocycles. The fourth-order valence-electron chi connectivity index (χ4n) is 3.45. The normalized spacial score (nSPS) is 11.2. The Balaban J connectivity index is 1.54. The monoisotopic (exact) mass is 507 g/mol. The van der Waals surface area contributed by atoms with Gasteiger partial charge in [0.05, 0.1) is 28.4 Å². The molecule has 0 aliphatic rings. The van der Waals surface area contributed by atoms with Crippen molar-refractivity contribution in [1.29, 1.82) is 0 Å². The molecule has 4 rings (SSSR count). The zero-order valence-corrected chi connectivity index (χ0v) is 21.2. The number of anilines is 2. The van der Waals surface area contributed by atoms with E-state index < -0.39 is 15.9 Å². The quantitative estimate of drug-likeness (QED) is 0.310. The van der Waals surface area contributed by atoms with Crippen LogP contribution < -0.4 is 14.8 Å². The number of aromatic nitrogens is 1. The number of rotatable bonds is 8. The largest absolute Gasteiger partial charge is 0.494 e. The second kappa shape index (κ2) is 10.3. The van der Waals surface area contributed by atoms with Crippen LogP contribution in [0.3, 0.4) is 0 Å². The minimum absolute atomic E-state index is 0.119. The lowest BCUT2D eigenvalue weighted by atomic mass is 10.1. The van der Waals surface area contributed by atoms with Gasteiger partial charge in [0.1, 0.15) is 5.75 Å². The molecule has 0 radical (unpaired) electrons. The SMILES string of the molecule is CCOc1ccc(-c2nc(NC(=O)c3ccccc3NS(=O)(=O)c3ccc(C)cc3)sc2C)cc1. The van der Waals surface area contributed by atoms with Gasteiger partial charge in [0.25, 0.3) is 15.9 Å². The molecular weight excluding hydrogens is 482 g/mol. The van der Waals surface area contributed by atoms with E-state index in [-0.39, 0.29) is 16.1 Å². The molecule has 4 aromatic rings. The lowest BCUT2D eigenvalue weighted by Crippen LogP contribution is -2.18. The Hall–Kier alpha value is -3.69. The zero-order chi connectivity index (χ0) is 25.0. The highest BCUT2D eigenvalue weighted by Crippen LogP contribution is 2.32. The number of amides is 1. The van der Waals surface area contributed by atoms with E-state index in [4.69, 9.17) is 4.74 Å². The maximum Gasteiger partial charge on any atom is 0.261 e. The number of nitrogens with zero attached hydrogens (tertiary/aromatic N) is 1. The van der Waals surface area contributed by atoms with Crippen LogP contribution in [0, 0.1) is 13.8 Å². The molecule has 0 saturated heterocycles.